The van der Waals surface area contributed by atoms with Gasteiger partial charge in [-0.15, -0.1) is 0 Å². The number of amides is 2. The Labute approximate surface area is 154 Å². The van der Waals surface area contributed by atoms with Gasteiger partial charge in [0.05, 0.1) is 13.2 Å². The minimum atomic E-state index is -1.15. The standard InChI is InChI=1S/C19H28FN3O3/c1-19(2,18(25)22-9-10-23-11-13-26-14-12-23)17(24)21-8-7-15-3-5-16(20)6-4-15/h3-6H,7-14H2,1-2H3,(H,21,24)(H,22,25). The molecular formula is C19H28FN3O3. The van der Waals surface area contributed by atoms with E-state index in [0.717, 1.165) is 38.4 Å². The molecule has 0 aliphatic carbocycles. The fourth-order valence-corrected chi connectivity index (χ4v) is 2.67. The molecule has 2 N–H and O–H groups in total. The summed E-state index contributed by atoms with van der Waals surface area (Å²) in [4.78, 5) is 26.9. The minimum Gasteiger partial charge on any atom is -0.379 e. The lowest BCUT2D eigenvalue weighted by Gasteiger charge is -2.27. The van der Waals surface area contributed by atoms with Crippen LogP contribution >= 0.6 is 0 Å². The highest BCUT2D eigenvalue weighted by Crippen LogP contribution is 2.15. The van der Waals surface area contributed by atoms with Crippen molar-refractivity contribution in [2.24, 2.45) is 5.41 Å². The Kier molecular flexibility index (Phi) is 7.53. The molecule has 6 nitrogen and oxygen atoms in total. The van der Waals surface area contributed by atoms with E-state index in [0.29, 0.717) is 19.5 Å². The van der Waals surface area contributed by atoms with E-state index in [9.17, 15) is 14.0 Å². The van der Waals surface area contributed by atoms with Crippen LogP contribution in [0.4, 0.5) is 4.39 Å². The second kappa shape index (κ2) is 9.64. The Morgan fingerprint density at radius 1 is 1.08 bits per heavy atom. The summed E-state index contributed by atoms with van der Waals surface area (Å²) in [5.74, 6) is -0.888. The monoisotopic (exact) mass is 365 g/mol. The molecule has 1 saturated heterocycles. The minimum absolute atomic E-state index is 0.285. The molecule has 0 aromatic heterocycles. The molecule has 1 fully saturated rings. The summed E-state index contributed by atoms with van der Waals surface area (Å²) in [5.41, 5.74) is -0.215. The zero-order chi connectivity index (χ0) is 19.0. The Morgan fingerprint density at radius 3 is 2.27 bits per heavy atom. The zero-order valence-corrected chi connectivity index (χ0v) is 15.5. The fourth-order valence-electron chi connectivity index (χ4n) is 2.67. The highest BCUT2D eigenvalue weighted by molar-refractivity contribution is 6.04. The number of nitrogens with one attached hydrogen (secondary N) is 2. The van der Waals surface area contributed by atoms with Gasteiger partial charge in [0.1, 0.15) is 11.2 Å². The highest BCUT2D eigenvalue weighted by Gasteiger charge is 2.35. The second-order valence-corrected chi connectivity index (χ2v) is 6.97. The maximum Gasteiger partial charge on any atom is 0.235 e. The molecular weight excluding hydrogens is 337 g/mol. The van der Waals surface area contributed by atoms with Crippen molar-refractivity contribution in [2.75, 3.05) is 45.9 Å². The van der Waals surface area contributed by atoms with Crippen LogP contribution in [0.3, 0.4) is 0 Å². The Hall–Kier alpha value is -1.99. The molecule has 7 heteroatoms. The Morgan fingerprint density at radius 2 is 1.65 bits per heavy atom. The Balaban J connectivity index is 1.70. The molecule has 0 saturated carbocycles. The van der Waals surface area contributed by atoms with Crippen molar-refractivity contribution in [3.8, 4) is 0 Å². The first-order chi connectivity index (χ1) is 12.4. The molecule has 1 aromatic carbocycles. The van der Waals surface area contributed by atoms with Gasteiger partial charge in [0.15, 0.2) is 0 Å². The molecule has 0 spiro atoms. The SMILES string of the molecule is CC(C)(C(=O)NCCc1ccc(F)cc1)C(=O)NCCN1CCOCC1. The summed E-state index contributed by atoms with van der Waals surface area (Å²) in [6, 6.07) is 6.15. The molecule has 2 amide bonds. The molecule has 0 unspecified atom stereocenters. The number of nitrogens with zero attached hydrogens (tertiary/aromatic N) is 1. The molecule has 144 valence electrons. The third kappa shape index (κ3) is 6.07. The summed E-state index contributed by atoms with van der Waals surface area (Å²) in [7, 11) is 0. The van der Waals surface area contributed by atoms with Gasteiger partial charge in [0, 0.05) is 32.7 Å². The van der Waals surface area contributed by atoms with Crippen LogP contribution in [0.2, 0.25) is 0 Å². The van der Waals surface area contributed by atoms with E-state index >= 15 is 0 Å². The van der Waals surface area contributed by atoms with Crippen molar-refractivity contribution in [3.05, 3.63) is 35.6 Å². The van der Waals surface area contributed by atoms with Crippen LogP contribution < -0.4 is 10.6 Å². The Bertz CT molecular complexity index is 599. The van der Waals surface area contributed by atoms with E-state index in [2.05, 4.69) is 15.5 Å². The maximum atomic E-state index is 12.9. The number of hydrogen-bond donors (Lipinski definition) is 2. The van der Waals surface area contributed by atoms with Gasteiger partial charge in [-0.2, -0.15) is 0 Å². The number of rotatable bonds is 8. The molecule has 1 aliphatic rings. The van der Waals surface area contributed by atoms with E-state index in [4.69, 9.17) is 4.74 Å². The fraction of sp³-hybridized carbons (Fsp3) is 0.579. The van der Waals surface area contributed by atoms with Gasteiger partial charge in [-0.05, 0) is 38.0 Å². The molecule has 1 heterocycles. The van der Waals surface area contributed by atoms with Gasteiger partial charge in [0.2, 0.25) is 11.8 Å². The quantitative estimate of drug-likeness (QED) is 0.673. The van der Waals surface area contributed by atoms with Gasteiger partial charge >= 0.3 is 0 Å². The van der Waals surface area contributed by atoms with Crippen LogP contribution in [-0.2, 0) is 20.7 Å². The predicted octanol–water partition coefficient (Wildman–Crippen LogP) is 0.959. The smallest absolute Gasteiger partial charge is 0.235 e. The van der Waals surface area contributed by atoms with E-state index in [-0.39, 0.29) is 17.6 Å². The van der Waals surface area contributed by atoms with Crippen molar-refractivity contribution < 1.29 is 18.7 Å². The second-order valence-electron chi connectivity index (χ2n) is 6.97. The summed E-state index contributed by atoms with van der Waals surface area (Å²) in [6.07, 6.45) is 0.584. The number of benzene rings is 1. The topological polar surface area (TPSA) is 70.7 Å². The number of carbonyl (C=O) groups excluding carboxylic acids is 2. The molecule has 1 aromatic rings. The normalized spacial score (nSPS) is 15.5. The number of carbonyl (C=O) groups is 2. The van der Waals surface area contributed by atoms with E-state index < -0.39 is 5.41 Å². The molecule has 2 rings (SSSR count). The van der Waals surface area contributed by atoms with E-state index in [1.165, 1.54) is 12.1 Å². The van der Waals surface area contributed by atoms with Gasteiger partial charge in [-0.1, -0.05) is 12.1 Å². The van der Waals surface area contributed by atoms with Crippen molar-refractivity contribution in [3.63, 3.8) is 0 Å². The number of halogens is 1. The van der Waals surface area contributed by atoms with Crippen molar-refractivity contribution >= 4 is 11.8 Å². The molecule has 0 atom stereocenters. The summed E-state index contributed by atoms with van der Waals surface area (Å²) >= 11 is 0. The van der Waals surface area contributed by atoms with Crippen LogP contribution in [0.1, 0.15) is 19.4 Å². The number of ether oxygens (including phenoxy) is 1. The molecule has 0 radical (unpaired) electrons. The first kappa shape index (κ1) is 20.3. The first-order valence-electron chi connectivity index (χ1n) is 9.01. The maximum absolute atomic E-state index is 12.9. The largest absolute Gasteiger partial charge is 0.379 e. The van der Waals surface area contributed by atoms with Crippen molar-refractivity contribution in [2.45, 2.75) is 20.3 Å². The van der Waals surface area contributed by atoms with Crippen LogP contribution in [0.15, 0.2) is 24.3 Å². The lowest BCUT2D eigenvalue weighted by molar-refractivity contribution is -0.141. The van der Waals surface area contributed by atoms with Crippen LogP contribution in [0.25, 0.3) is 0 Å². The lowest BCUT2D eigenvalue weighted by atomic mass is 9.91. The van der Waals surface area contributed by atoms with Gasteiger partial charge in [0.25, 0.3) is 0 Å². The third-order valence-corrected chi connectivity index (χ3v) is 4.57. The summed E-state index contributed by atoms with van der Waals surface area (Å²) < 4.78 is 18.2. The summed E-state index contributed by atoms with van der Waals surface area (Å²) in [6.45, 7) is 8.05. The first-order valence-corrected chi connectivity index (χ1v) is 9.01. The zero-order valence-electron chi connectivity index (χ0n) is 15.5. The van der Waals surface area contributed by atoms with Gasteiger partial charge < -0.3 is 15.4 Å². The average molecular weight is 365 g/mol. The van der Waals surface area contributed by atoms with Crippen LogP contribution in [0.5, 0.6) is 0 Å². The van der Waals surface area contributed by atoms with Gasteiger partial charge in [-0.25, -0.2) is 4.39 Å². The molecule has 26 heavy (non-hydrogen) atoms. The van der Waals surface area contributed by atoms with Crippen molar-refractivity contribution in [1.82, 2.24) is 15.5 Å². The third-order valence-electron chi connectivity index (χ3n) is 4.57. The van der Waals surface area contributed by atoms with Crippen LogP contribution in [0, 0.1) is 11.2 Å². The van der Waals surface area contributed by atoms with E-state index in [1.54, 1.807) is 26.0 Å². The highest BCUT2D eigenvalue weighted by atomic mass is 19.1. The lowest BCUT2D eigenvalue weighted by Crippen LogP contribution is -2.50. The predicted molar refractivity (Wildman–Crippen MR) is 97.2 cm³/mol. The van der Waals surface area contributed by atoms with Crippen LogP contribution in [-0.4, -0.2) is 62.7 Å². The number of hydrogen-bond acceptors (Lipinski definition) is 4. The summed E-state index contributed by atoms with van der Waals surface area (Å²) in [5, 5.41) is 5.63. The van der Waals surface area contributed by atoms with Gasteiger partial charge in [-0.3, -0.25) is 14.5 Å². The van der Waals surface area contributed by atoms with E-state index in [1.807, 2.05) is 0 Å². The number of morpholine rings is 1. The van der Waals surface area contributed by atoms with Crippen molar-refractivity contribution in [1.29, 1.82) is 0 Å². The average Bonchev–Trinajstić information content (AvgIpc) is 2.64. The molecule has 1 aliphatic heterocycles. The molecule has 0 bridgehead atoms.